The van der Waals surface area contributed by atoms with Crippen LogP contribution in [0.2, 0.25) is 0 Å². The van der Waals surface area contributed by atoms with Crippen LogP contribution in [0.1, 0.15) is 52.8 Å². The van der Waals surface area contributed by atoms with Crippen molar-refractivity contribution in [2.75, 3.05) is 25.2 Å². The zero-order valence-electron chi connectivity index (χ0n) is 16.3. The van der Waals surface area contributed by atoms with Crippen molar-refractivity contribution in [3.63, 3.8) is 0 Å². The topological polar surface area (TPSA) is 107 Å². The van der Waals surface area contributed by atoms with Gasteiger partial charge in [0.2, 0.25) is 0 Å². The second-order valence-electron chi connectivity index (χ2n) is 7.41. The van der Waals surface area contributed by atoms with Gasteiger partial charge in [-0.3, -0.25) is 4.79 Å². The van der Waals surface area contributed by atoms with Gasteiger partial charge in [0.05, 0.1) is 29.7 Å². The summed E-state index contributed by atoms with van der Waals surface area (Å²) >= 11 is 0. The van der Waals surface area contributed by atoms with Crippen molar-refractivity contribution < 1.29 is 32.3 Å². The fraction of sp³-hybridized carbons (Fsp3) is 0.550. The summed E-state index contributed by atoms with van der Waals surface area (Å²) in [5.41, 5.74) is 0.0741. The molecule has 3 rings (SSSR count). The lowest BCUT2D eigenvalue weighted by atomic mass is 10.1. The molecule has 1 aromatic carbocycles. The highest BCUT2D eigenvalue weighted by molar-refractivity contribution is 7.91. The normalized spacial score (nSPS) is 20.9. The maximum atomic E-state index is 12.9. The summed E-state index contributed by atoms with van der Waals surface area (Å²) in [6.45, 7) is -0.499. The average molecular weight is 423 g/mol. The summed E-state index contributed by atoms with van der Waals surface area (Å²) < 4.78 is 33.6. The van der Waals surface area contributed by atoms with Gasteiger partial charge >= 0.3 is 11.9 Å². The van der Waals surface area contributed by atoms with Crippen LogP contribution < -0.4 is 0 Å². The average Bonchev–Trinajstić information content (AvgIpc) is 3.35. The fourth-order valence-corrected chi connectivity index (χ4v) is 5.82. The van der Waals surface area contributed by atoms with Crippen LogP contribution in [0.3, 0.4) is 0 Å². The van der Waals surface area contributed by atoms with Gasteiger partial charge in [0.15, 0.2) is 16.4 Å². The molecule has 2 fully saturated rings. The first-order chi connectivity index (χ1) is 13.8. The lowest BCUT2D eigenvalue weighted by Crippen LogP contribution is -2.48. The van der Waals surface area contributed by atoms with Crippen molar-refractivity contribution in [3.05, 3.63) is 35.4 Å². The Labute approximate surface area is 170 Å². The van der Waals surface area contributed by atoms with E-state index >= 15 is 0 Å². The molecule has 1 saturated heterocycles. The summed E-state index contributed by atoms with van der Waals surface area (Å²) in [6, 6.07) is 5.64. The predicted molar refractivity (Wildman–Crippen MR) is 104 cm³/mol. The number of hydrogen-bond acceptors (Lipinski definition) is 7. The van der Waals surface area contributed by atoms with Gasteiger partial charge in [-0.15, -0.1) is 0 Å². The van der Waals surface area contributed by atoms with Gasteiger partial charge in [-0.25, -0.2) is 18.0 Å². The Morgan fingerprint density at radius 3 is 2.17 bits per heavy atom. The van der Waals surface area contributed by atoms with Gasteiger partial charge in [-0.2, -0.15) is 0 Å². The minimum absolute atomic E-state index is 0.0167. The van der Waals surface area contributed by atoms with Crippen LogP contribution in [0.5, 0.6) is 0 Å². The summed E-state index contributed by atoms with van der Waals surface area (Å²) in [5, 5.41) is 0. The molecular formula is C20H25NO7S. The second-order valence-corrected chi connectivity index (χ2v) is 9.64. The van der Waals surface area contributed by atoms with E-state index in [-0.39, 0.29) is 34.7 Å². The largest absolute Gasteiger partial charge is 0.465 e. The molecule has 29 heavy (non-hydrogen) atoms. The van der Waals surface area contributed by atoms with E-state index in [2.05, 4.69) is 4.74 Å². The van der Waals surface area contributed by atoms with E-state index in [0.717, 1.165) is 25.7 Å². The number of nitrogens with zero attached hydrogens (tertiary/aromatic N) is 1. The molecule has 1 aliphatic carbocycles. The van der Waals surface area contributed by atoms with Crippen molar-refractivity contribution in [3.8, 4) is 0 Å². The van der Waals surface area contributed by atoms with Crippen molar-refractivity contribution in [1.29, 1.82) is 0 Å². The number of benzene rings is 1. The molecule has 0 N–H and O–H groups in total. The molecule has 0 aromatic heterocycles. The molecule has 0 radical (unpaired) electrons. The number of rotatable bonds is 6. The van der Waals surface area contributed by atoms with E-state index in [1.54, 1.807) is 17.0 Å². The van der Waals surface area contributed by atoms with Gasteiger partial charge in [0.1, 0.15) is 0 Å². The summed E-state index contributed by atoms with van der Waals surface area (Å²) in [7, 11) is -1.94. The third-order valence-corrected chi connectivity index (χ3v) is 7.24. The first kappa shape index (κ1) is 21.3. The fourth-order valence-electron chi connectivity index (χ4n) is 4.11. The van der Waals surface area contributed by atoms with Crippen LogP contribution in [0.15, 0.2) is 24.3 Å². The zero-order chi connectivity index (χ0) is 21.0. The van der Waals surface area contributed by atoms with E-state index < -0.39 is 34.3 Å². The van der Waals surface area contributed by atoms with E-state index in [1.807, 2.05) is 0 Å². The highest BCUT2D eigenvalue weighted by atomic mass is 32.2. The van der Waals surface area contributed by atoms with Crippen molar-refractivity contribution >= 4 is 27.7 Å². The number of sulfone groups is 1. The molecule has 2 aliphatic rings. The summed E-state index contributed by atoms with van der Waals surface area (Å²) in [6.07, 6.45) is 4.02. The molecule has 1 atom stereocenters. The molecule has 1 amide bonds. The monoisotopic (exact) mass is 423 g/mol. The number of hydrogen-bond donors (Lipinski definition) is 0. The molecule has 0 spiro atoms. The molecule has 9 heteroatoms. The number of esters is 2. The summed E-state index contributed by atoms with van der Waals surface area (Å²) in [5.74, 6) is -1.85. The first-order valence-corrected chi connectivity index (χ1v) is 11.5. The van der Waals surface area contributed by atoms with E-state index in [0.29, 0.717) is 6.42 Å². The maximum Gasteiger partial charge on any atom is 0.339 e. The van der Waals surface area contributed by atoms with E-state index in [4.69, 9.17) is 4.74 Å². The van der Waals surface area contributed by atoms with Gasteiger partial charge in [-0.1, -0.05) is 25.0 Å². The van der Waals surface area contributed by atoms with E-state index in [1.165, 1.54) is 19.2 Å². The molecule has 1 aromatic rings. The SMILES string of the molecule is COC(=O)c1ccccc1C(=O)OCC(=O)N(C1CCCC1)C1CCS(=O)(=O)C1. The highest BCUT2D eigenvalue weighted by Gasteiger charge is 2.39. The van der Waals surface area contributed by atoms with Crippen LogP contribution in [0, 0.1) is 0 Å². The van der Waals surface area contributed by atoms with Crippen molar-refractivity contribution in [1.82, 2.24) is 4.90 Å². The molecule has 1 aliphatic heterocycles. The van der Waals surface area contributed by atoms with Gasteiger partial charge < -0.3 is 14.4 Å². The van der Waals surface area contributed by atoms with Gasteiger partial charge in [-0.05, 0) is 31.4 Å². The standard InChI is InChI=1S/C20H25NO7S/c1-27-19(23)16-8-4-5-9-17(16)20(24)28-12-18(22)21(14-6-2-3-7-14)15-10-11-29(25,26)13-15/h4-5,8-9,14-15H,2-3,6-7,10-13H2,1H3. The Kier molecular flexibility index (Phi) is 6.56. The molecule has 8 nitrogen and oxygen atoms in total. The highest BCUT2D eigenvalue weighted by Crippen LogP contribution is 2.29. The number of amides is 1. The molecule has 0 bridgehead atoms. The Balaban J connectivity index is 1.70. The maximum absolute atomic E-state index is 12.9. The van der Waals surface area contributed by atoms with Crippen LogP contribution in [0.4, 0.5) is 0 Å². The number of methoxy groups -OCH3 is 1. The van der Waals surface area contributed by atoms with Crippen LogP contribution >= 0.6 is 0 Å². The van der Waals surface area contributed by atoms with E-state index in [9.17, 15) is 22.8 Å². The smallest absolute Gasteiger partial charge is 0.339 e. The van der Waals surface area contributed by atoms with Crippen LogP contribution in [-0.2, 0) is 24.1 Å². The molecule has 1 unspecified atom stereocenters. The number of carbonyl (C=O) groups is 3. The minimum Gasteiger partial charge on any atom is -0.465 e. The molecule has 158 valence electrons. The molecular weight excluding hydrogens is 398 g/mol. The van der Waals surface area contributed by atoms with Crippen LogP contribution in [0.25, 0.3) is 0 Å². The Morgan fingerprint density at radius 1 is 1.00 bits per heavy atom. The Bertz CT molecular complexity index is 890. The first-order valence-electron chi connectivity index (χ1n) is 9.68. The Hall–Kier alpha value is -2.42. The second kappa shape index (κ2) is 8.94. The summed E-state index contributed by atoms with van der Waals surface area (Å²) in [4.78, 5) is 38.8. The van der Waals surface area contributed by atoms with Crippen molar-refractivity contribution in [2.24, 2.45) is 0 Å². The van der Waals surface area contributed by atoms with Gasteiger partial charge in [0, 0.05) is 12.1 Å². The zero-order valence-corrected chi connectivity index (χ0v) is 17.2. The van der Waals surface area contributed by atoms with Gasteiger partial charge in [0.25, 0.3) is 5.91 Å². The quantitative estimate of drug-likeness (QED) is 0.640. The molecule has 1 saturated carbocycles. The Morgan fingerprint density at radius 2 is 1.62 bits per heavy atom. The van der Waals surface area contributed by atoms with Crippen LogP contribution in [-0.4, -0.2) is 68.5 Å². The third-order valence-electron chi connectivity index (χ3n) is 5.49. The van der Waals surface area contributed by atoms with Crippen molar-refractivity contribution in [2.45, 2.75) is 44.2 Å². The lowest BCUT2D eigenvalue weighted by Gasteiger charge is -2.33. The minimum atomic E-state index is -3.15. The number of ether oxygens (including phenoxy) is 2. The number of carbonyl (C=O) groups excluding carboxylic acids is 3. The third kappa shape index (κ3) is 4.95. The molecule has 1 heterocycles. The predicted octanol–water partition coefficient (Wildman–Crippen LogP) is 1.59. The lowest BCUT2D eigenvalue weighted by molar-refractivity contribution is -0.139.